The molecule has 7 nitrogen and oxygen atoms in total. The van der Waals surface area contributed by atoms with Crippen LogP contribution in [-0.4, -0.2) is 28.9 Å². The smallest absolute Gasteiger partial charge is 0.316 e. The van der Waals surface area contributed by atoms with E-state index in [4.69, 9.17) is 0 Å². The molecule has 0 unspecified atom stereocenters. The molecule has 4 N–H and O–H groups in total. The largest absolute Gasteiger partial charge is 0.334 e. The third-order valence-electron chi connectivity index (χ3n) is 6.71. The van der Waals surface area contributed by atoms with E-state index in [0.717, 1.165) is 22.3 Å². The number of urea groups is 1. The molecule has 0 radical (unpaired) electrons. The standard InChI is InChI=1S/C31H35FN4O3/c1-19-7-13-24(33-28(38)31(16-17-31)36-29(39)35-30(3,4)5)14-15-25(19)27(37)34-26-18-22(8-6-20(26)2)21-9-11-23(32)12-10-21/h6,8-15,18H,7,16-17H2,1-5H3,(H,33,38)(H,34,37)(H2,35,36,39). The molecular formula is C31H35FN4O3. The number of carbonyl (C=O) groups excluding carboxylic acids is 3. The van der Waals surface area contributed by atoms with Crippen molar-refractivity contribution in [1.82, 2.24) is 16.0 Å². The lowest BCUT2D eigenvalue weighted by molar-refractivity contribution is -0.123. The molecule has 0 bridgehead atoms. The van der Waals surface area contributed by atoms with E-state index in [-0.39, 0.29) is 23.7 Å². The second-order valence-corrected chi connectivity index (χ2v) is 11.2. The van der Waals surface area contributed by atoms with E-state index in [1.165, 1.54) is 12.1 Å². The van der Waals surface area contributed by atoms with Crippen molar-refractivity contribution in [2.24, 2.45) is 0 Å². The summed E-state index contributed by atoms with van der Waals surface area (Å²) < 4.78 is 13.3. The molecule has 2 aliphatic carbocycles. The molecule has 0 atom stereocenters. The number of carbonyl (C=O) groups is 3. The summed E-state index contributed by atoms with van der Waals surface area (Å²) in [6.45, 7) is 9.41. The highest BCUT2D eigenvalue weighted by Gasteiger charge is 2.51. The average molecular weight is 531 g/mol. The first-order chi connectivity index (χ1) is 18.3. The van der Waals surface area contributed by atoms with Crippen LogP contribution in [0.15, 0.2) is 77.5 Å². The molecule has 4 amide bonds. The van der Waals surface area contributed by atoms with E-state index < -0.39 is 11.1 Å². The van der Waals surface area contributed by atoms with Crippen LogP contribution in [0.4, 0.5) is 14.9 Å². The van der Waals surface area contributed by atoms with E-state index in [1.807, 2.05) is 58.9 Å². The van der Waals surface area contributed by atoms with E-state index in [1.54, 1.807) is 24.3 Å². The minimum absolute atomic E-state index is 0.261. The fourth-order valence-corrected chi connectivity index (χ4v) is 4.26. The molecule has 0 spiro atoms. The molecule has 8 heteroatoms. The summed E-state index contributed by atoms with van der Waals surface area (Å²) >= 11 is 0. The molecule has 0 aromatic heterocycles. The summed E-state index contributed by atoms with van der Waals surface area (Å²) in [6.07, 6.45) is 6.86. The van der Waals surface area contributed by atoms with Crippen molar-refractivity contribution in [1.29, 1.82) is 0 Å². The lowest BCUT2D eigenvalue weighted by atomic mass is 10.0. The molecule has 204 valence electrons. The number of hydrogen-bond acceptors (Lipinski definition) is 3. The van der Waals surface area contributed by atoms with E-state index >= 15 is 0 Å². The highest BCUT2D eigenvalue weighted by atomic mass is 19.1. The predicted molar refractivity (Wildman–Crippen MR) is 151 cm³/mol. The fourth-order valence-electron chi connectivity index (χ4n) is 4.26. The van der Waals surface area contributed by atoms with Crippen LogP contribution in [0.25, 0.3) is 11.1 Å². The summed E-state index contributed by atoms with van der Waals surface area (Å²) in [5, 5.41) is 11.5. The van der Waals surface area contributed by atoms with Gasteiger partial charge < -0.3 is 21.3 Å². The van der Waals surface area contributed by atoms with Crippen LogP contribution in [0.2, 0.25) is 0 Å². The van der Waals surface area contributed by atoms with Gasteiger partial charge in [-0.2, -0.15) is 0 Å². The number of anilines is 1. The topological polar surface area (TPSA) is 99.3 Å². The normalized spacial score (nSPS) is 16.1. The molecule has 1 saturated carbocycles. The van der Waals surface area contributed by atoms with E-state index in [2.05, 4.69) is 21.3 Å². The summed E-state index contributed by atoms with van der Waals surface area (Å²) in [5.41, 5.74) is 3.86. The van der Waals surface area contributed by atoms with Crippen molar-refractivity contribution in [3.63, 3.8) is 0 Å². The van der Waals surface area contributed by atoms with Crippen LogP contribution in [-0.2, 0) is 9.59 Å². The Hall–Kier alpha value is -4.20. The molecule has 2 aliphatic rings. The molecule has 2 aromatic rings. The third-order valence-corrected chi connectivity index (χ3v) is 6.71. The maximum absolute atomic E-state index is 13.3. The Balaban J connectivity index is 1.42. The summed E-state index contributed by atoms with van der Waals surface area (Å²) in [4.78, 5) is 38.6. The van der Waals surface area contributed by atoms with Crippen LogP contribution < -0.4 is 21.3 Å². The first-order valence-corrected chi connectivity index (χ1v) is 13.0. The molecule has 0 aliphatic heterocycles. The first-order valence-electron chi connectivity index (χ1n) is 13.0. The average Bonchev–Trinajstić information content (AvgIpc) is 3.65. The third kappa shape index (κ3) is 7.02. The zero-order valence-corrected chi connectivity index (χ0v) is 23.0. The number of rotatable bonds is 6. The number of allylic oxidation sites excluding steroid dienone is 3. The van der Waals surface area contributed by atoms with Gasteiger partial charge in [-0.3, -0.25) is 9.59 Å². The quantitative estimate of drug-likeness (QED) is 0.389. The minimum atomic E-state index is -0.925. The Morgan fingerprint density at radius 3 is 2.21 bits per heavy atom. The molecule has 0 heterocycles. The van der Waals surface area contributed by atoms with Gasteiger partial charge in [-0.15, -0.1) is 0 Å². The van der Waals surface area contributed by atoms with Gasteiger partial charge in [0.1, 0.15) is 11.4 Å². The van der Waals surface area contributed by atoms with Gasteiger partial charge in [0.25, 0.3) is 5.91 Å². The zero-order chi connectivity index (χ0) is 28.4. The SMILES string of the molecule is CC1=C(C(=O)Nc2cc(-c3ccc(F)cc3)ccc2C)C=CC(NC(=O)C2(NC(=O)NC(C)(C)C)CC2)=CC1. The second-order valence-electron chi connectivity index (χ2n) is 11.2. The van der Waals surface area contributed by atoms with Gasteiger partial charge in [0.2, 0.25) is 5.91 Å². The van der Waals surface area contributed by atoms with Gasteiger partial charge in [-0.25, -0.2) is 9.18 Å². The number of hydrogen-bond donors (Lipinski definition) is 4. The van der Waals surface area contributed by atoms with E-state index in [9.17, 15) is 18.8 Å². The van der Waals surface area contributed by atoms with Crippen LogP contribution in [0.3, 0.4) is 0 Å². The minimum Gasteiger partial charge on any atom is -0.334 e. The van der Waals surface area contributed by atoms with Crippen LogP contribution in [0.1, 0.15) is 52.5 Å². The van der Waals surface area contributed by atoms with Gasteiger partial charge in [0.15, 0.2) is 0 Å². The molecule has 4 rings (SSSR count). The Morgan fingerprint density at radius 1 is 0.897 bits per heavy atom. The molecule has 1 fully saturated rings. The Kier molecular flexibility index (Phi) is 7.77. The lowest BCUT2D eigenvalue weighted by Gasteiger charge is -2.24. The molecule has 0 saturated heterocycles. The number of amides is 4. The molecular weight excluding hydrogens is 495 g/mol. The molecule has 2 aromatic carbocycles. The number of aryl methyl sites for hydroxylation is 1. The van der Waals surface area contributed by atoms with Crippen LogP contribution in [0.5, 0.6) is 0 Å². The summed E-state index contributed by atoms with van der Waals surface area (Å²) in [7, 11) is 0. The van der Waals surface area contributed by atoms with Crippen LogP contribution in [0, 0.1) is 12.7 Å². The first kappa shape index (κ1) is 27.8. The highest BCUT2D eigenvalue weighted by molar-refractivity contribution is 6.07. The van der Waals surface area contributed by atoms with Gasteiger partial charge in [-0.05, 0) is 101 Å². The second kappa shape index (κ2) is 10.9. The van der Waals surface area contributed by atoms with Crippen molar-refractivity contribution >= 4 is 23.5 Å². The van der Waals surface area contributed by atoms with Crippen molar-refractivity contribution in [3.8, 4) is 11.1 Å². The zero-order valence-electron chi connectivity index (χ0n) is 23.0. The van der Waals surface area contributed by atoms with Gasteiger partial charge in [0, 0.05) is 22.5 Å². The number of halogens is 1. The maximum Gasteiger partial charge on any atom is 0.316 e. The predicted octanol–water partition coefficient (Wildman–Crippen LogP) is 5.65. The number of nitrogens with one attached hydrogen (secondary N) is 4. The Bertz CT molecular complexity index is 1390. The van der Waals surface area contributed by atoms with E-state index in [0.29, 0.717) is 36.2 Å². The molecule has 39 heavy (non-hydrogen) atoms. The summed E-state index contributed by atoms with van der Waals surface area (Å²) in [5.74, 6) is -0.842. The van der Waals surface area contributed by atoms with Gasteiger partial charge >= 0.3 is 6.03 Å². The highest BCUT2D eigenvalue weighted by Crippen LogP contribution is 2.36. The van der Waals surface area contributed by atoms with Crippen molar-refractivity contribution in [3.05, 3.63) is 88.9 Å². The monoisotopic (exact) mass is 530 g/mol. The number of benzene rings is 2. The van der Waals surface area contributed by atoms with Crippen molar-refractivity contribution in [2.45, 2.75) is 65.0 Å². The van der Waals surface area contributed by atoms with Crippen molar-refractivity contribution in [2.75, 3.05) is 5.32 Å². The Labute approximate surface area is 228 Å². The van der Waals surface area contributed by atoms with Gasteiger partial charge in [0.05, 0.1) is 0 Å². The lowest BCUT2D eigenvalue weighted by Crippen LogP contribution is -2.55. The summed E-state index contributed by atoms with van der Waals surface area (Å²) in [6, 6.07) is 11.6. The fraction of sp³-hybridized carbons (Fsp3) is 0.323. The van der Waals surface area contributed by atoms with Crippen molar-refractivity contribution < 1.29 is 18.8 Å². The van der Waals surface area contributed by atoms with Gasteiger partial charge in [-0.1, -0.05) is 35.9 Å². The maximum atomic E-state index is 13.3. The Morgan fingerprint density at radius 2 is 1.56 bits per heavy atom. The van der Waals surface area contributed by atoms with Crippen LogP contribution >= 0.6 is 0 Å².